The Kier molecular flexibility index (Phi) is 3.92. The van der Waals surface area contributed by atoms with Crippen LogP contribution < -0.4 is 4.74 Å². The van der Waals surface area contributed by atoms with Crippen LogP contribution in [-0.2, 0) is 0 Å². The Hall–Kier alpha value is -0.0700. The summed E-state index contributed by atoms with van der Waals surface area (Å²) in [5, 5.41) is 12.0. The fraction of sp³-hybridized carbons (Fsp3) is 0.200. The van der Waals surface area contributed by atoms with E-state index in [0.717, 1.165) is 20.0 Å². The van der Waals surface area contributed by atoms with Crippen LogP contribution in [0.5, 0.6) is 5.75 Å². The van der Waals surface area contributed by atoms with Gasteiger partial charge in [0.25, 0.3) is 0 Å². The first-order valence-electron chi connectivity index (χ1n) is 4.37. The molecule has 0 amide bonds. The van der Waals surface area contributed by atoms with E-state index in [1.807, 2.05) is 17.5 Å². The minimum absolute atomic E-state index is 0.636. The molecule has 16 heavy (non-hydrogen) atoms. The van der Waals surface area contributed by atoms with E-state index in [0.29, 0.717) is 4.34 Å². The first-order chi connectivity index (χ1) is 7.61. The van der Waals surface area contributed by atoms with Crippen LogP contribution in [0.3, 0.4) is 0 Å². The van der Waals surface area contributed by atoms with E-state index < -0.39 is 6.10 Å². The lowest BCUT2D eigenvalue weighted by atomic mass is 10.2. The Morgan fingerprint density at radius 2 is 2.19 bits per heavy atom. The molecule has 0 aliphatic heterocycles. The molecule has 1 N–H and O–H groups in total. The number of hydrogen-bond donors (Lipinski definition) is 1. The molecule has 2 nitrogen and oxygen atoms in total. The normalized spacial score (nSPS) is 12.8. The molecule has 0 bridgehead atoms. The predicted molar refractivity (Wildman–Crippen MR) is 72.0 cm³/mol. The molecule has 0 aliphatic carbocycles. The third-order valence-corrected chi connectivity index (χ3v) is 5.53. The van der Waals surface area contributed by atoms with Gasteiger partial charge in [-0.1, -0.05) is 11.6 Å². The number of thiophene rings is 2. The lowest BCUT2D eigenvalue weighted by molar-refractivity contribution is 0.227. The number of ether oxygens (including phenoxy) is 1. The van der Waals surface area contributed by atoms with E-state index in [4.69, 9.17) is 16.3 Å². The van der Waals surface area contributed by atoms with Crippen molar-refractivity contribution < 1.29 is 9.84 Å². The number of halogens is 2. The third kappa shape index (κ3) is 2.43. The summed E-state index contributed by atoms with van der Waals surface area (Å²) in [6.45, 7) is 0. The molecule has 1 unspecified atom stereocenters. The molecule has 2 rings (SSSR count). The van der Waals surface area contributed by atoms with E-state index >= 15 is 0 Å². The summed E-state index contributed by atoms with van der Waals surface area (Å²) in [5.41, 5.74) is 0. The largest absolute Gasteiger partial charge is 0.496 e. The molecule has 86 valence electrons. The van der Waals surface area contributed by atoms with Gasteiger partial charge in [0.2, 0.25) is 0 Å². The summed E-state index contributed by atoms with van der Waals surface area (Å²) in [6, 6.07) is 3.67. The van der Waals surface area contributed by atoms with Gasteiger partial charge in [0, 0.05) is 19.6 Å². The first-order valence-corrected chi connectivity index (χ1v) is 7.23. The molecule has 0 spiro atoms. The molecule has 0 fully saturated rings. The number of hydrogen-bond acceptors (Lipinski definition) is 4. The van der Waals surface area contributed by atoms with Gasteiger partial charge in [0.15, 0.2) is 0 Å². The van der Waals surface area contributed by atoms with Crippen molar-refractivity contribution in [2.45, 2.75) is 6.10 Å². The highest BCUT2D eigenvalue weighted by molar-refractivity contribution is 9.10. The Labute approximate surface area is 115 Å². The third-order valence-electron chi connectivity index (χ3n) is 2.03. The first kappa shape index (κ1) is 12.4. The molecule has 2 aromatic heterocycles. The molecule has 0 radical (unpaired) electrons. The van der Waals surface area contributed by atoms with Crippen LogP contribution in [0.25, 0.3) is 0 Å². The maximum absolute atomic E-state index is 10.1. The van der Waals surface area contributed by atoms with Crippen molar-refractivity contribution in [3.05, 3.63) is 36.1 Å². The SMILES string of the molecule is COc1csc(C(O)c2cc(Br)c(Cl)s2)c1. The second-order valence-electron chi connectivity index (χ2n) is 3.06. The molecule has 1 atom stereocenters. The van der Waals surface area contributed by atoms with E-state index in [-0.39, 0.29) is 0 Å². The quantitative estimate of drug-likeness (QED) is 0.902. The van der Waals surface area contributed by atoms with Crippen molar-refractivity contribution in [3.8, 4) is 5.75 Å². The van der Waals surface area contributed by atoms with Crippen LogP contribution >= 0.6 is 50.2 Å². The van der Waals surface area contributed by atoms with Gasteiger partial charge in [-0.3, -0.25) is 0 Å². The van der Waals surface area contributed by atoms with Crippen molar-refractivity contribution in [3.63, 3.8) is 0 Å². The van der Waals surface area contributed by atoms with Crippen molar-refractivity contribution in [2.75, 3.05) is 7.11 Å². The standard InChI is InChI=1S/C10H8BrClO2S2/c1-14-5-2-7(15-4-5)9(13)8-3-6(11)10(12)16-8/h2-4,9,13H,1H3. The molecule has 2 aromatic rings. The Morgan fingerprint density at radius 3 is 2.69 bits per heavy atom. The lowest BCUT2D eigenvalue weighted by Crippen LogP contribution is -1.92. The molecule has 0 aromatic carbocycles. The van der Waals surface area contributed by atoms with Gasteiger partial charge in [-0.25, -0.2) is 0 Å². The number of rotatable bonds is 3. The fourth-order valence-electron chi connectivity index (χ4n) is 1.22. The van der Waals surface area contributed by atoms with Crippen LogP contribution in [-0.4, -0.2) is 12.2 Å². The smallest absolute Gasteiger partial charge is 0.129 e. The molecule has 0 aliphatic rings. The average molecular weight is 340 g/mol. The number of aliphatic hydroxyl groups is 1. The van der Waals surface area contributed by atoms with E-state index in [9.17, 15) is 5.11 Å². The van der Waals surface area contributed by atoms with Gasteiger partial charge in [0.1, 0.15) is 16.2 Å². The fourth-order valence-corrected chi connectivity index (χ4v) is 3.90. The molecular weight excluding hydrogens is 332 g/mol. The van der Waals surface area contributed by atoms with E-state index in [1.54, 1.807) is 7.11 Å². The predicted octanol–water partition coefficient (Wildman–Crippen LogP) is 4.32. The van der Waals surface area contributed by atoms with E-state index in [2.05, 4.69) is 15.9 Å². The summed E-state index contributed by atoms with van der Waals surface area (Å²) in [6.07, 6.45) is -0.636. The van der Waals surface area contributed by atoms with Gasteiger partial charge >= 0.3 is 0 Å². The molecule has 6 heteroatoms. The monoisotopic (exact) mass is 338 g/mol. The van der Waals surface area contributed by atoms with Crippen molar-refractivity contribution in [2.24, 2.45) is 0 Å². The summed E-state index contributed by atoms with van der Waals surface area (Å²) < 4.78 is 6.54. The summed E-state index contributed by atoms with van der Waals surface area (Å²) >= 11 is 12.1. The van der Waals surface area contributed by atoms with Gasteiger partial charge in [-0.15, -0.1) is 22.7 Å². The van der Waals surface area contributed by atoms with Crippen LogP contribution in [0.15, 0.2) is 22.0 Å². The topological polar surface area (TPSA) is 29.5 Å². The van der Waals surface area contributed by atoms with E-state index in [1.165, 1.54) is 22.7 Å². The van der Waals surface area contributed by atoms with Crippen molar-refractivity contribution in [1.29, 1.82) is 0 Å². The highest BCUT2D eigenvalue weighted by Crippen LogP contribution is 2.39. The van der Waals surface area contributed by atoms with Gasteiger partial charge < -0.3 is 9.84 Å². The zero-order valence-electron chi connectivity index (χ0n) is 8.24. The molecular formula is C10H8BrClO2S2. The van der Waals surface area contributed by atoms with Crippen LogP contribution in [0.4, 0.5) is 0 Å². The zero-order chi connectivity index (χ0) is 11.7. The van der Waals surface area contributed by atoms with Crippen LogP contribution in [0.2, 0.25) is 4.34 Å². The Morgan fingerprint density at radius 1 is 1.44 bits per heavy atom. The highest BCUT2D eigenvalue weighted by atomic mass is 79.9. The van der Waals surface area contributed by atoms with Gasteiger partial charge in [0.05, 0.1) is 7.11 Å². The van der Waals surface area contributed by atoms with Crippen molar-refractivity contribution >= 4 is 50.2 Å². The summed E-state index contributed by atoms with van der Waals surface area (Å²) in [5.74, 6) is 0.765. The number of aliphatic hydroxyl groups excluding tert-OH is 1. The van der Waals surface area contributed by atoms with Crippen LogP contribution in [0.1, 0.15) is 15.9 Å². The summed E-state index contributed by atoms with van der Waals surface area (Å²) in [7, 11) is 1.61. The minimum Gasteiger partial charge on any atom is -0.496 e. The van der Waals surface area contributed by atoms with Crippen LogP contribution in [0, 0.1) is 0 Å². The van der Waals surface area contributed by atoms with Gasteiger partial charge in [-0.2, -0.15) is 0 Å². The molecule has 0 saturated heterocycles. The average Bonchev–Trinajstić information content (AvgIpc) is 2.86. The highest BCUT2D eigenvalue weighted by Gasteiger charge is 2.17. The second-order valence-corrected chi connectivity index (χ2v) is 6.54. The maximum Gasteiger partial charge on any atom is 0.129 e. The zero-order valence-corrected chi connectivity index (χ0v) is 12.2. The Bertz CT molecular complexity index is 475. The van der Waals surface area contributed by atoms with Gasteiger partial charge in [-0.05, 0) is 28.1 Å². The molecule has 0 saturated carbocycles. The number of methoxy groups -OCH3 is 1. The maximum atomic E-state index is 10.1. The summed E-state index contributed by atoms with van der Waals surface area (Å²) in [4.78, 5) is 1.67. The second kappa shape index (κ2) is 5.06. The Balaban J connectivity index is 2.27. The molecule has 2 heterocycles. The lowest BCUT2D eigenvalue weighted by Gasteiger charge is -2.04. The minimum atomic E-state index is -0.636. The van der Waals surface area contributed by atoms with Crippen molar-refractivity contribution in [1.82, 2.24) is 0 Å².